The van der Waals surface area contributed by atoms with Gasteiger partial charge in [-0.2, -0.15) is 5.26 Å². The van der Waals surface area contributed by atoms with Crippen LogP contribution in [0.5, 0.6) is 0 Å². The summed E-state index contributed by atoms with van der Waals surface area (Å²) in [5, 5.41) is 11.3. The van der Waals surface area contributed by atoms with Crippen molar-refractivity contribution in [3.8, 4) is 6.07 Å². The maximum absolute atomic E-state index is 12.4. The molecular weight excluding hydrogens is 272 g/mol. The second-order valence-corrected chi connectivity index (χ2v) is 6.19. The average molecular weight is 286 g/mol. The van der Waals surface area contributed by atoms with Crippen LogP contribution in [0.3, 0.4) is 0 Å². The van der Waals surface area contributed by atoms with Crippen molar-refractivity contribution in [2.75, 3.05) is 0 Å². The third kappa shape index (κ3) is 1.93. The average Bonchev–Trinajstić information content (AvgIpc) is 2.90. The molecule has 5 heteroatoms. The van der Waals surface area contributed by atoms with Crippen LogP contribution in [0.4, 0.5) is 0 Å². The fourth-order valence-corrected chi connectivity index (χ4v) is 3.68. The molecule has 0 radical (unpaired) electrons. The monoisotopic (exact) mass is 286 g/mol. The number of hydrogen-bond donors (Lipinski definition) is 1. The maximum atomic E-state index is 12.4. The third-order valence-corrected chi connectivity index (χ3v) is 4.63. The molecule has 1 aromatic rings. The standard InChI is InChI=1S/C15H14N2O2S/c1-8-5-10(18)14-11(6-8)19-15(17)9(7-16)13(14)12-3-2-4-20-12/h2-4,8,13H,5-6,17H2,1H3/t8-,13-/m1/s1. The number of ketones is 1. The number of rotatable bonds is 1. The van der Waals surface area contributed by atoms with Crippen molar-refractivity contribution in [1.29, 1.82) is 5.26 Å². The van der Waals surface area contributed by atoms with Gasteiger partial charge in [0.25, 0.3) is 0 Å². The van der Waals surface area contributed by atoms with E-state index in [4.69, 9.17) is 10.5 Å². The van der Waals surface area contributed by atoms with Gasteiger partial charge in [0.2, 0.25) is 5.88 Å². The van der Waals surface area contributed by atoms with Crippen LogP contribution >= 0.6 is 11.3 Å². The van der Waals surface area contributed by atoms with Gasteiger partial charge < -0.3 is 10.5 Å². The van der Waals surface area contributed by atoms with E-state index in [1.54, 1.807) is 0 Å². The van der Waals surface area contributed by atoms with Gasteiger partial charge in [-0.15, -0.1) is 11.3 Å². The van der Waals surface area contributed by atoms with Crippen LogP contribution in [0.1, 0.15) is 30.6 Å². The van der Waals surface area contributed by atoms with Gasteiger partial charge in [0.15, 0.2) is 5.78 Å². The number of nitrogens with two attached hydrogens (primary N) is 1. The number of allylic oxidation sites excluding steroid dienone is 3. The quantitative estimate of drug-likeness (QED) is 0.861. The van der Waals surface area contributed by atoms with Gasteiger partial charge in [-0.25, -0.2) is 0 Å². The van der Waals surface area contributed by atoms with E-state index in [0.717, 1.165) is 4.88 Å². The zero-order valence-electron chi connectivity index (χ0n) is 11.1. The Labute approximate surface area is 121 Å². The first kappa shape index (κ1) is 12.9. The van der Waals surface area contributed by atoms with Gasteiger partial charge in [0, 0.05) is 23.3 Å². The van der Waals surface area contributed by atoms with Crippen LogP contribution in [0.2, 0.25) is 0 Å². The minimum Gasteiger partial charge on any atom is -0.444 e. The highest BCUT2D eigenvalue weighted by molar-refractivity contribution is 7.10. The molecule has 2 aliphatic rings. The van der Waals surface area contributed by atoms with Crippen molar-refractivity contribution in [3.05, 3.63) is 45.2 Å². The summed E-state index contributed by atoms with van der Waals surface area (Å²) in [4.78, 5) is 13.4. The molecule has 20 heavy (non-hydrogen) atoms. The third-order valence-electron chi connectivity index (χ3n) is 3.69. The molecule has 3 rings (SSSR count). The Balaban J connectivity index is 2.16. The summed E-state index contributed by atoms with van der Waals surface area (Å²) in [6.45, 7) is 2.02. The molecule has 0 unspecified atom stereocenters. The molecule has 2 heterocycles. The van der Waals surface area contributed by atoms with E-state index in [2.05, 4.69) is 6.07 Å². The number of thiophene rings is 1. The fraction of sp³-hybridized carbons (Fsp3) is 0.333. The predicted molar refractivity (Wildman–Crippen MR) is 75.4 cm³/mol. The second kappa shape index (κ2) is 4.80. The van der Waals surface area contributed by atoms with Crippen molar-refractivity contribution in [1.82, 2.24) is 0 Å². The first-order chi connectivity index (χ1) is 9.61. The van der Waals surface area contributed by atoms with Crippen molar-refractivity contribution >= 4 is 17.1 Å². The van der Waals surface area contributed by atoms with Crippen LogP contribution in [-0.2, 0) is 9.53 Å². The number of nitrogens with zero attached hydrogens (tertiary/aromatic N) is 1. The molecule has 1 aromatic heterocycles. The van der Waals surface area contributed by atoms with E-state index in [1.165, 1.54) is 11.3 Å². The number of hydrogen-bond acceptors (Lipinski definition) is 5. The maximum Gasteiger partial charge on any atom is 0.205 e. The Bertz CT molecular complexity index is 665. The molecule has 0 fully saturated rings. The van der Waals surface area contributed by atoms with E-state index >= 15 is 0 Å². The van der Waals surface area contributed by atoms with Gasteiger partial charge in [0.1, 0.15) is 17.4 Å². The van der Waals surface area contributed by atoms with E-state index in [9.17, 15) is 10.1 Å². The van der Waals surface area contributed by atoms with E-state index in [1.807, 2.05) is 24.4 Å². The van der Waals surface area contributed by atoms with Crippen molar-refractivity contribution in [2.24, 2.45) is 11.7 Å². The molecule has 1 aliphatic carbocycles. The Morgan fingerprint density at radius 3 is 2.95 bits per heavy atom. The second-order valence-electron chi connectivity index (χ2n) is 5.21. The Hall–Kier alpha value is -2.06. The lowest BCUT2D eigenvalue weighted by Crippen LogP contribution is -2.29. The normalized spacial score (nSPS) is 26.1. The number of carbonyl (C=O) groups excluding carboxylic acids is 1. The molecule has 0 bridgehead atoms. The molecule has 0 saturated carbocycles. The van der Waals surface area contributed by atoms with Crippen molar-refractivity contribution < 1.29 is 9.53 Å². The number of Topliss-reactive ketones (excluding diaryl/α,β-unsaturated/α-hetero) is 1. The summed E-state index contributed by atoms with van der Waals surface area (Å²) in [6.07, 6.45) is 1.20. The van der Waals surface area contributed by atoms with Crippen LogP contribution in [0.15, 0.2) is 40.3 Å². The molecule has 0 saturated heterocycles. The molecular formula is C15H14N2O2S. The summed E-state index contributed by atoms with van der Waals surface area (Å²) >= 11 is 1.53. The highest BCUT2D eigenvalue weighted by Gasteiger charge is 2.39. The lowest BCUT2D eigenvalue weighted by molar-refractivity contribution is -0.117. The molecule has 2 atom stereocenters. The van der Waals surface area contributed by atoms with Crippen molar-refractivity contribution in [2.45, 2.75) is 25.7 Å². The summed E-state index contributed by atoms with van der Waals surface area (Å²) in [5.41, 5.74) is 6.84. The highest BCUT2D eigenvalue weighted by atomic mass is 32.1. The molecule has 102 valence electrons. The first-order valence-electron chi connectivity index (χ1n) is 6.49. The van der Waals surface area contributed by atoms with E-state index in [-0.39, 0.29) is 23.5 Å². The molecule has 0 aromatic carbocycles. The zero-order chi connectivity index (χ0) is 14.3. The van der Waals surface area contributed by atoms with Gasteiger partial charge in [-0.3, -0.25) is 4.79 Å². The molecule has 2 N–H and O–H groups in total. The highest BCUT2D eigenvalue weighted by Crippen LogP contribution is 2.45. The van der Waals surface area contributed by atoms with Gasteiger partial charge in [0.05, 0.1) is 5.92 Å². The van der Waals surface area contributed by atoms with Crippen molar-refractivity contribution in [3.63, 3.8) is 0 Å². The summed E-state index contributed by atoms with van der Waals surface area (Å²) in [7, 11) is 0. The van der Waals surface area contributed by atoms with E-state index in [0.29, 0.717) is 29.7 Å². The topological polar surface area (TPSA) is 76.1 Å². The summed E-state index contributed by atoms with van der Waals surface area (Å²) < 4.78 is 5.56. The number of ether oxygens (including phenoxy) is 1. The van der Waals surface area contributed by atoms with Crippen LogP contribution in [0, 0.1) is 17.2 Å². The summed E-state index contributed by atoms with van der Waals surface area (Å²) in [6, 6.07) is 5.95. The summed E-state index contributed by atoms with van der Waals surface area (Å²) in [5.74, 6) is 0.734. The molecule has 0 amide bonds. The predicted octanol–water partition coefficient (Wildman–Crippen LogP) is 2.81. The minimum absolute atomic E-state index is 0.0670. The number of nitriles is 1. The van der Waals surface area contributed by atoms with E-state index < -0.39 is 0 Å². The molecule has 4 nitrogen and oxygen atoms in total. The zero-order valence-corrected chi connectivity index (χ0v) is 11.9. The fourth-order valence-electron chi connectivity index (χ4n) is 2.83. The Morgan fingerprint density at radius 1 is 1.50 bits per heavy atom. The largest absolute Gasteiger partial charge is 0.444 e. The van der Waals surface area contributed by atoms with Crippen LogP contribution in [-0.4, -0.2) is 5.78 Å². The lowest BCUT2D eigenvalue weighted by atomic mass is 9.78. The molecule has 1 aliphatic heterocycles. The minimum atomic E-state index is -0.358. The lowest BCUT2D eigenvalue weighted by Gasteiger charge is -2.32. The van der Waals surface area contributed by atoms with Gasteiger partial charge in [-0.05, 0) is 17.4 Å². The number of carbonyl (C=O) groups is 1. The first-order valence-corrected chi connectivity index (χ1v) is 7.37. The molecule has 0 spiro atoms. The van der Waals surface area contributed by atoms with Gasteiger partial charge >= 0.3 is 0 Å². The Kier molecular flexibility index (Phi) is 3.11. The smallest absolute Gasteiger partial charge is 0.205 e. The SMILES string of the molecule is C[C@@H]1CC(=O)C2=C(C1)OC(N)=C(C#N)[C@@H]2c1cccs1. The van der Waals surface area contributed by atoms with Gasteiger partial charge in [-0.1, -0.05) is 13.0 Å². The van der Waals surface area contributed by atoms with Crippen LogP contribution < -0.4 is 5.73 Å². The van der Waals surface area contributed by atoms with Crippen LogP contribution in [0.25, 0.3) is 0 Å². The Morgan fingerprint density at radius 2 is 2.30 bits per heavy atom.